The van der Waals surface area contributed by atoms with E-state index in [0.717, 1.165) is 12.8 Å². The maximum Gasteiger partial charge on any atom is 0.261 e. The molecule has 1 aromatic heterocycles. The van der Waals surface area contributed by atoms with E-state index >= 15 is 0 Å². The Morgan fingerprint density at radius 1 is 1.52 bits per heavy atom. The summed E-state index contributed by atoms with van der Waals surface area (Å²) in [5.74, 6) is -0.0914. The molecule has 1 heterocycles. The smallest absolute Gasteiger partial charge is 0.261 e. The van der Waals surface area contributed by atoms with Gasteiger partial charge in [-0.25, -0.2) is 9.37 Å². The molecule has 1 saturated carbocycles. The van der Waals surface area contributed by atoms with Gasteiger partial charge in [0, 0.05) is 12.1 Å². The van der Waals surface area contributed by atoms with Gasteiger partial charge in [0.25, 0.3) is 5.56 Å². The third-order valence-electron chi connectivity index (χ3n) is 3.82. The van der Waals surface area contributed by atoms with Gasteiger partial charge < -0.3 is 5.32 Å². The van der Waals surface area contributed by atoms with Gasteiger partial charge in [0.1, 0.15) is 12.4 Å². The summed E-state index contributed by atoms with van der Waals surface area (Å²) in [7, 11) is 0. The molecule has 5 nitrogen and oxygen atoms in total. The summed E-state index contributed by atoms with van der Waals surface area (Å²) < 4.78 is 14.3. The summed E-state index contributed by atoms with van der Waals surface area (Å²) in [6, 6.07) is 3.94. The molecule has 1 N–H and O–H groups in total. The predicted octanol–water partition coefficient (Wildman–Crippen LogP) is 1.45. The molecule has 1 aliphatic rings. The quantitative estimate of drug-likeness (QED) is 0.926. The number of fused-ring (bicyclic) bond motifs is 1. The molecule has 0 bridgehead atoms. The molecule has 0 spiro atoms. The van der Waals surface area contributed by atoms with E-state index in [9.17, 15) is 14.0 Å². The van der Waals surface area contributed by atoms with Crippen LogP contribution in [0.5, 0.6) is 0 Å². The number of amides is 1. The van der Waals surface area contributed by atoms with Crippen LogP contribution in [0.4, 0.5) is 4.39 Å². The second-order valence-corrected chi connectivity index (χ2v) is 5.53. The molecule has 1 atom stereocenters. The molecular weight excluding hydrogens is 273 g/mol. The zero-order chi connectivity index (χ0) is 15.0. The Morgan fingerprint density at radius 3 is 3.00 bits per heavy atom. The molecular formula is C15H16FN3O2. The molecule has 1 fully saturated rings. The summed E-state index contributed by atoms with van der Waals surface area (Å²) in [6.07, 6.45) is 3.57. The van der Waals surface area contributed by atoms with Gasteiger partial charge >= 0.3 is 0 Å². The maximum absolute atomic E-state index is 13.1. The van der Waals surface area contributed by atoms with E-state index in [1.165, 1.54) is 29.1 Å². The zero-order valence-electron chi connectivity index (χ0n) is 11.7. The van der Waals surface area contributed by atoms with Crippen LogP contribution in [0.2, 0.25) is 0 Å². The van der Waals surface area contributed by atoms with Crippen LogP contribution in [0.1, 0.15) is 19.8 Å². The number of nitrogens with zero attached hydrogens (tertiary/aromatic N) is 2. The van der Waals surface area contributed by atoms with Crippen molar-refractivity contribution in [3.05, 3.63) is 40.7 Å². The minimum atomic E-state index is -0.442. The second kappa shape index (κ2) is 5.27. The number of carbonyl (C=O) groups excluding carboxylic acids is 1. The summed E-state index contributed by atoms with van der Waals surface area (Å²) >= 11 is 0. The number of carbonyl (C=O) groups is 1. The van der Waals surface area contributed by atoms with E-state index in [-0.39, 0.29) is 24.1 Å². The van der Waals surface area contributed by atoms with Gasteiger partial charge in [0.15, 0.2) is 0 Å². The fourth-order valence-corrected chi connectivity index (χ4v) is 2.41. The summed E-state index contributed by atoms with van der Waals surface area (Å²) in [5.41, 5.74) is -0.0442. The fraction of sp³-hybridized carbons (Fsp3) is 0.400. The van der Waals surface area contributed by atoms with Crippen LogP contribution < -0.4 is 10.9 Å². The minimum Gasteiger partial charge on any atom is -0.352 e. The van der Waals surface area contributed by atoms with Crippen molar-refractivity contribution in [1.29, 1.82) is 0 Å². The van der Waals surface area contributed by atoms with Gasteiger partial charge in [-0.1, -0.05) is 0 Å². The monoisotopic (exact) mass is 289 g/mol. The van der Waals surface area contributed by atoms with Crippen molar-refractivity contribution in [2.45, 2.75) is 32.4 Å². The number of benzene rings is 1. The molecule has 2 aromatic rings. The second-order valence-electron chi connectivity index (χ2n) is 5.53. The first-order valence-corrected chi connectivity index (χ1v) is 6.98. The van der Waals surface area contributed by atoms with Gasteiger partial charge in [0.2, 0.25) is 5.91 Å². The van der Waals surface area contributed by atoms with Crippen LogP contribution in [-0.4, -0.2) is 21.5 Å². The van der Waals surface area contributed by atoms with E-state index < -0.39 is 5.82 Å². The molecule has 1 amide bonds. The number of hydrogen-bond acceptors (Lipinski definition) is 3. The Labute approximate surface area is 120 Å². The Morgan fingerprint density at radius 2 is 2.29 bits per heavy atom. The Bertz CT molecular complexity index is 752. The lowest BCUT2D eigenvalue weighted by atomic mass is 10.2. The molecule has 1 aromatic carbocycles. The highest BCUT2D eigenvalue weighted by Crippen LogP contribution is 2.32. The number of hydrogen-bond donors (Lipinski definition) is 1. The Hall–Kier alpha value is -2.24. The molecule has 3 rings (SSSR count). The Kier molecular flexibility index (Phi) is 3.45. The predicted molar refractivity (Wildman–Crippen MR) is 76.3 cm³/mol. The standard InChI is InChI=1S/C15H16FN3O2/c1-9(10-2-3-10)18-14(20)7-19-8-17-13-6-11(16)4-5-12(13)15(19)21/h4-6,8-10H,2-3,7H2,1H3,(H,18,20). The minimum absolute atomic E-state index is 0.0732. The van der Waals surface area contributed by atoms with Crippen molar-refractivity contribution in [2.75, 3.05) is 0 Å². The molecule has 1 aliphatic carbocycles. The average Bonchev–Trinajstić information content (AvgIpc) is 3.26. The van der Waals surface area contributed by atoms with Crippen molar-refractivity contribution in [1.82, 2.24) is 14.9 Å². The van der Waals surface area contributed by atoms with Crippen molar-refractivity contribution < 1.29 is 9.18 Å². The highest BCUT2D eigenvalue weighted by molar-refractivity contribution is 5.79. The van der Waals surface area contributed by atoms with Gasteiger partial charge in [-0.3, -0.25) is 14.2 Å². The van der Waals surface area contributed by atoms with Gasteiger partial charge in [-0.05, 0) is 37.8 Å². The van der Waals surface area contributed by atoms with Crippen LogP contribution >= 0.6 is 0 Å². The number of aromatic nitrogens is 2. The topological polar surface area (TPSA) is 64.0 Å². The van der Waals surface area contributed by atoms with Crippen LogP contribution in [0.3, 0.4) is 0 Å². The first kappa shape index (κ1) is 13.7. The van der Waals surface area contributed by atoms with Crippen LogP contribution in [-0.2, 0) is 11.3 Å². The van der Waals surface area contributed by atoms with Crippen molar-refractivity contribution in [3.63, 3.8) is 0 Å². The first-order valence-electron chi connectivity index (χ1n) is 6.98. The first-order chi connectivity index (χ1) is 10.0. The maximum atomic E-state index is 13.1. The van der Waals surface area contributed by atoms with E-state index in [1.807, 2.05) is 6.92 Å². The zero-order valence-corrected chi connectivity index (χ0v) is 11.7. The molecule has 6 heteroatoms. The molecule has 110 valence electrons. The highest BCUT2D eigenvalue weighted by Gasteiger charge is 2.28. The lowest BCUT2D eigenvalue weighted by Crippen LogP contribution is -2.38. The lowest BCUT2D eigenvalue weighted by molar-refractivity contribution is -0.122. The van der Waals surface area contributed by atoms with E-state index in [1.54, 1.807) is 0 Å². The number of nitrogens with one attached hydrogen (secondary N) is 1. The van der Waals surface area contributed by atoms with Crippen molar-refractivity contribution in [2.24, 2.45) is 5.92 Å². The third-order valence-corrected chi connectivity index (χ3v) is 3.82. The molecule has 0 radical (unpaired) electrons. The molecule has 21 heavy (non-hydrogen) atoms. The van der Waals surface area contributed by atoms with Gasteiger partial charge in [0.05, 0.1) is 17.2 Å². The number of halogens is 1. The Balaban J connectivity index is 1.80. The van der Waals surface area contributed by atoms with Crippen molar-refractivity contribution in [3.8, 4) is 0 Å². The van der Waals surface area contributed by atoms with Crippen LogP contribution in [0.25, 0.3) is 10.9 Å². The summed E-state index contributed by atoms with van der Waals surface area (Å²) in [6.45, 7) is 1.90. The largest absolute Gasteiger partial charge is 0.352 e. The normalized spacial score (nSPS) is 15.9. The van der Waals surface area contributed by atoms with E-state index in [2.05, 4.69) is 10.3 Å². The van der Waals surface area contributed by atoms with Crippen LogP contribution in [0.15, 0.2) is 29.3 Å². The average molecular weight is 289 g/mol. The summed E-state index contributed by atoms with van der Waals surface area (Å²) in [4.78, 5) is 28.2. The van der Waals surface area contributed by atoms with Crippen LogP contribution in [0, 0.1) is 11.7 Å². The summed E-state index contributed by atoms with van der Waals surface area (Å²) in [5, 5.41) is 3.20. The molecule has 0 saturated heterocycles. The third kappa shape index (κ3) is 2.94. The fourth-order valence-electron chi connectivity index (χ4n) is 2.41. The van der Waals surface area contributed by atoms with Gasteiger partial charge in [-0.15, -0.1) is 0 Å². The number of rotatable bonds is 4. The highest BCUT2D eigenvalue weighted by atomic mass is 19.1. The SMILES string of the molecule is CC(NC(=O)Cn1cnc2cc(F)ccc2c1=O)C1CC1. The molecule has 0 aliphatic heterocycles. The lowest BCUT2D eigenvalue weighted by Gasteiger charge is -2.13. The van der Waals surface area contributed by atoms with E-state index in [0.29, 0.717) is 16.8 Å². The molecule has 1 unspecified atom stereocenters. The van der Waals surface area contributed by atoms with E-state index in [4.69, 9.17) is 0 Å². The van der Waals surface area contributed by atoms with Crippen molar-refractivity contribution >= 4 is 16.8 Å². The van der Waals surface area contributed by atoms with Gasteiger partial charge in [-0.2, -0.15) is 0 Å².